The molecule has 5 heteroatoms. The second-order valence-corrected chi connectivity index (χ2v) is 8.78. The van der Waals surface area contributed by atoms with Crippen LogP contribution in [0, 0.1) is 0 Å². The molecule has 0 amide bonds. The number of nitrogens with zero attached hydrogens (tertiary/aromatic N) is 3. The van der Waals surface area contributed by atoms with Crippen LogP contribution in [-0.4, -0.2) is 62.6 Å². The number of fused-ring (bicyclic) bond motifs is 3. The first kappa shape index (κ1) is 22.6. The highest BCUT2D eigenvalue weighted by molar-refractivity contribution is 5.85. The fraction of sp³-hybridized carbons (Fsp3) is 0.286. The number of aliphatic imine (C=N–C) groups is 1. The van der Waals surface area contributed by atoms with Crippen molar-refractivity contribution >= 4 is 11.9 Å². The summed E-state index contributed by atoms with van der Waals surface area (Å²) < 4.78 is 5.95. The largest absolute Gasteiger partial charge is 0.463 e. The van der Waals surface area contributed by atoms with Crippen LogP contribution >= 0.6 is 0 Å². The first-order chi connectivity index (χ1) is 16.0. The van der Waals surface area contributed by atoms with Crippen molar-refractivity contribution in [1.82, 2.24) is 9.80 Å². The van der Waals surface area contributed by atoms with Crippen LogP contribution in [0.1, 0.15) is 22.6 Å². The molecule has 0 aromatic heterocycles. The molecular weight excluding hydrogens is 410 g/mol. The number of ether oxygens (including phenoxy) is 1. The molecule has 0 unspecified atom stereocenters. The van der Waals surface area contributed by atoms with Crippen molar-refractivity contribution < 1.29 is 9.53 Å². The van der Waals surface area contributed by atoms with Gasteiger partial charge in [0.2, 0.25) is 0 Å². The van der Waals surface area contributed by atoms with E-state index in [9.17, 15) is 4.79 Å². The average Bonchev–Trinajstić information content (AvgIpc) is 3.14. The van der Waals surface area contributed by atoms with Gasteiger partial charge in [0, 0.05) is 40.5 Å². The molecule has 1 atom stereocenters. The number of benzene rings is 3. The third-order valence-electron chi connectivity index (χ3n) is 5.97. The van der Waals surface area contributed by atoms with Gasteiger partial charge in [-0.3, -0.25) is 0 Å². The molecule has 5 nitrogen and oxygen atoms in total. The van der Waals surface area contributed by atoms with Crippen LogP contribution in [0.25, 0.3) is 11.1 Å². The molecule has 0 fully saturated rings. The zero-order valence-electron chi connectivity index (χ0n) is 19.7. The Balaban J connectivity index is 1.58. The lowest BCUT2D eigenvalue weighted by atomic mass is 9.98. The van der Waals surface area contributed by atoms with Crippen molar-refractivity contribution in [3.05, 3.63) is 95.6 Å². The van der Waals surface area contributed by atoms with Crippen molar-refractivity contribution in [2.75, 3.05) is 34.8 Å². The van der Waals surface area contributed by atoms with Gasteiger partial charge in [0.25, 0.3) is 0 Å². The minimum atomic E-state index is -0.626. The molecule has 0 N–H and O–H groups in total. The molecule has 4 rings (SSSR count). The van der Waals surface area contributed by atoms with Crippen LogP contribution in [0.15, 0.2) is 83.9 Å². The zero-order chi connectivity index (χ0) is 23.4. The first-order valence-electron chi connectivity index (χ1n) is 11.3. The predicted octanol–water partition coefficient (Wildman–Crippen LogP) is 4.43. The maximum atomic E-state index is 13.3. The van der Waals surface area contributed by atoms with Crippen LogP contribution in [0.3, 0.4) is 0 Å². The molecule has 33 heavy (non-hydrogen) atoms. The first-order valence-corrected chi connectivity index (χ1v) is 11.3. The standard InChI is InChI=1S/C28H31N3O2/c1-30(2)28(31(3)4)29-26(18-20-12-6-5-7-13-20)27(32)33-19-25-23-16-10-8-14-21(23)22-15-9-11-17-24(22)25/h5-17,25-26H,18-19H2,1-4H3/t26-/m0/s1. The smallest absolute Gasteiger partial charge is 0.331 e. The van der Waals surface area contributed by atoms with E-state index in [0.29, 0.717) is 13.0 Å². The Kier molecular flexibility index (Phi) is 6.78. The average molecular weight is 442 g/mol. The number of esters is 1. The van der Waals surface area contributed by atoms with E-state index in [1.807, 2.05) is 80.5 Å². The van der Waals surface area contributed by atoms with E-state index in [-0.39, 0.29) is 11.9 Å². The van der Waals surface area contributed by atoms with Crippen molar-refractivity contribution in [1.29, 1.82) is 0 Å². The van der Waals surface area contributed by atoms with E-state index in [0.717, 1.165) is 11.5 Å². The molecule has 170 valence electrons. The van der Waals surface area contributed by atoms with E-state index in [1.165, 1.54) is 22.3 Å². The van der Waals surface area contributed by atoms with Crippen LogP contribution < -0.4 is 0 Å². The molecule has 0 radical (unpaired) electrons. The quantitative estimate of drug-likeness (QED) is 0.322. The molecule has 0 spiro atoms. The maximum absolute atomic E-state index is 13.3. The molecule has 1 aliphatic carbocycles. The Hall–Kier alpha value is -3.60. The summed E-state index contributed by atoms with van der Waals surface area (Å²) in [6.07, 6.45) is 0.489. The lowest BCUT2D eigenvalue weighted by Crippen LogP contribution is -2.38. The van der Waals surface area contributed by atoms with Gasteiger partial charge in [0.1, 0.15) is 6.61 Å². The number of guanidine groups is 1. The predicted molar refractivity (Wildman–Crippen MR) is 133 cm³/mol. The van der Waals surface area contributed by atoms with Crippen molar-refractivity contribution in [3.8, 4) is 11.1 Å². The summed E-state index contributed by atoms with van der Waals surface area (Å²) in [7, 11) is 7.71. The van der Waals surface area contributed by atoms with Crippen LogP contribution in [0.5, 0.6) is 0 Å². The second kappa shape index (κ2) is 9.90. The van der Waals surface area contributed by atoms with E-state index in [4.69, 9.17) is 9.73 Å². The summed E-state index contributed by atoms with van der Waals surface area (Å²) in [5, 5.41) is 0. The van der Waals surface area contributed by atoms with E-state index >= 15 is 0 Å². The highest BCUT2D eigenvalue weighted by Crippen LogP contribution is 2.44. The number of hydrogen-bond donors (Lipinski definition) is 0. The number of rotatable bonds is 6. The second-order valence-electron chi connectivity index (χ2n) is 8.78. The monoisotopic (exact) mass is 441 g/mol. The summed E-state index contributed by atoms with van der Waals surface area (Å²) >= 11 is 0. The fourth-order valence-corrected chi connectivity index (χ4v) is 4.49. The Morgan fingerprint density at radius 3 is 1.88 bits per heavy atom. The topological polar surface area (TPSA) is 45.1 Å². The summed E-state index contributed by atoms with van der Waals surface area (Å²) in [6.45, 7) is 0.299. The Morgan fingerprint density at radius 1 is 0.818 bits per heavy atom. The normalized spacial score (nSPS) is 13.0. The third-order valence-corrected chi connectivity index (χ3v) is 5.97. The van der Waals surface area contributed by atoms with Crippen LogP contribution in [0.2, 0.25) is 0 Å². The molecule has 0 saturated heterocycles. The van der Waals surface area contributed by atoms with Gasteiger partial charge in [0.05, 0.1) is 0 Å². The highest BCUT2D eigenvalue weighted by atomic mass is 16.5. The summed E-state index contributed by atoms with van der Waals surface area (Å²) in [6, 6.07) is 26.1. The van der Waals surface area contributed by atoms with E-state index in [1.54, 1.807) is 0 Å². The Bertz CT molecular complexity index is 1080. The van der Waals surface area contributed by atoms with Gasteiger partial charge in [-0.25, -0.2) is 9.79 Å². The minimum Gasteiger partial charge on any atom is -0.463 e. The summed E-state index contributed by atoms with van der Waals surface area (Å²) in [5.41, 5.74) is 5.90. The summed E-state index contributed by atoms with van der Waals surface area (Å²) in [4.78, 5) is 22.0. The maximum Gasteiger partial charge on any atom is 0.331 e. The van der Waals surface area contributed by atoms with Gasteiger partial charge >= 0.3 is 5.97 Å². The number of hydrogen-bond acceptors (Lipinski definition) is 3. The summed E-state index contributed by atoms with van der Waals surface area (Å²) in [5.74, 6) is 0.455. The SMILES string of the molecule is CN(C)C(=N[C@@H](Cc1ccccc1)C(=O)OCC1c2ccccc2-c2ccccc21)N(C)C. The lowest BCUT2D eigenvalue weighted by Gasteiger charge is -2.25. The molecule has 3 aromatic rings. The van der Waals surface area contributed by atoms with Crippen LogP contribution in [-0.2, 0) is 16.0 Å². The van der Waals surface area contributed by atoms with Gasteiger partial charge < -0.3 is 14.5 Å². The molecule has 0 heterocycles. The number of carbonyl (C=O) groups excluding carboxylic acids is 1. The van der Waals surface area contributed by atoms with Gasteiger partial charge in [-0.15, -0.1) is 0 Å². The molecule has 0 aliphatic heterocycles. The Morgan fingerprint density at radius 2 is 1.33 bits per heavy atom. The molecular formula is C28H31N3O2. The lowest BCUT2D eigenvalue weighted by molar-refractivity contribution is -0.145. The highest BCUT2D eigenvalue weighted by Gasteiger charge is 2.30. The number of carbonyl (C=O) groups is 1. The van der Waals surface area contributed by atoms with Gasteiger partial charge in [-0.1, -0.05) is 78.9 Å². The Labute approximate surface area is 196 Å². The van der Waals surface area contributed by atoms with Gasteiger partial charge in [0.15, 0.2) is 12.0 Å². The van der Waals surface area contributed by atoms with Crippen molar-refractivity contribution in [3.63, 3.8) is 0 Å². The zero-order valence-corrected chi connectivity index (χ0v) is 19.7. The van der Waals surface area contributed by atoms with Crippen molar-refractivity contribution in [2.24, 2.45) is 4.99 Å². The third kappa shape index (κ3) is 4.92. The minimum absolute atomic E-state index is 0.0323. The molecule has 0 bridgehead atoms. The van der Waals surface area contributed by atoms with Gasteiger partial charge in [-0.05, 0) is 27.8 Å². The molecule has 3 aromatic carbocycles. The van der Waals surface area contributed by atoms with E-state index < -0.39 is 6.04 Å². The fourth-order valence-electron chi connectivity index (χ4n) is 4.49. The molecule has 1 aliphatic rings. The van der Waals surface area contributed by atoms with E-state index in [2.05, 4.69) is 36.4 Å². The van der Waals surface area contributed by atoms with Crippen LogP contribution in [0.4, 0.5) is 0 Å². The van der Waals surface area contributed by atoms with Gasteiger partial charge in [-0.2, -0.15) is 0 Å². The molecule has 0 saturated carbocycles. The van der Waals surface area contributed by atoms with Crippen molar-refractivity contribution in [2.45, 2.75) is 18.4 Å².